The normalized spacial score (nSPS) is 23.3. The van der Waals surface area contributed by atoms with Gasteiger partial charge >= 0.3 is 0 Å². The Kier molecular flexibility index (Phi) is 3.45. The van der Waals surface area contributed by atoms with E-state index in [0.29, 0.717) is 18.0 Å². The highest BCUT2D eigenvalue weighted by Gasteiger charge is 2.35. The molecule has 5 nitrogen and oxygen atoms in total. The number of carbonyl (C=O) groups is 1. The van der Waals surface area contributed by atoms with Crippen molar-refractivity contribution in [3.05, 3.63) is 52.9 Å². The molecule has 1 aromatic carbocycles. The third-order valence-electron chi connectivity index (χ3n) is 4.84. The van der Waals surface area contributed by atoms with E-state index in [1.165, 1.54) is 0 Å². The van der Waals surface area contributed by atoms with E-state index in [2.05, 4.69) is 10.5 Å². The molecule has 0 radical (unpaired) electrons. The van der Waals surface area contributed by atoms with Crippen LogP contribution < -0.4 is 5.32 Å². The minimum Gasteiger partial charge on any atom is -0.383 e. The monoisotopic (exact) mass is 312 g/mol. The average Bonchev–Trinajstić information content (AvgIpc) is 3.30. The molecule has 2 aromatic rings. The molecule has 5 heteroatoms. The lowest BCUT2D eigenvalue weighted by Gasteiger charge is -2.34. The van der Waals surface area contributed by atoms with Crippen LogP contribution in [0.1, 0.15) is 59.0 Å². The maximum Gasteiger partial charge on any atom is 0.273 e. The first kappa shape index (κ1) is 14.5. The Morgan fingerprint density at radius 1 is 1.39 bits per heavy atom. The van der Waals surface area contributed by atoms with Gasteiger partial charge in [0.2, 0.25) is 0 Å². The first-order valence-corrected chi connectivity index (χ1v) is 8.21. The molecule has 0 bridgehead atoms. The molecular weight excluding hydrogens is 292 g/mol. The summed E-state index contributed by atoms with van der Waals surface area (Å²) in [5.41, 5.74) is 1.37. The van der Waals surface area contributed by atoms with Crippen LogP contribution in [0.3, 0.4) is 0 Å². The van der Waals surface area contributed by atoms with E-state index < -0.39 is 5.60 Å². The quantitative estimate of drug-likeness (QED) is 0.909. The van der Waals surface area contributed by atoms with Crippen LogP contribution in [0.2, 0.25) is 0 Å². The molecule has 0 unspecified atom stereocenters. The van der Waals surface area contributed by atoms with Crippen molar-refractivity contribution in [3.8, 4) is 0 Å². The lowest BCUT2D eigenvalue weighted by Crippen LogP contribution is -2.43. The molecule has 23 heavy (non-hydrogen) atoms. The second-order valence-corrected chi connectivity index (χ2v) is 6.61. The van der Waals surface area contributed by atoms with Gasteiger partial charge in [-0.05, 0) is 43.2 Å². The van der Waals surface area contributed by atoms with Crippen LogP contribution in [0.25, 0.3) is 0 Å². The van der Waals surface area contributed by atoms with E-state index in [-0.39, 0.29) is 12.5 Å². The summed E-state index contributed by atoms with van der Waals surface area (Å²) in [6, 6.07) is 9.61. The number of fused-ring (bicyclic) bond motifs is 1. The van der Waals surface area contributed by atoms with Crippen LogP contribution >= 0.6 is 0 Å². The Balaban J connectivity index is 1.46. The van der Waals surface area contributed by atoms with Gasteiger partial charge in [0.15, 0.2) is 5.69 Å². The van der Waals surface area contributed by atoms with Gasteiger partial charge in [0.1, 0.15) is 11.4 Å². The molecule has 2 N–H and O–H groups in total. The smallest absolute Gasteiger partial charge is 0.273 e. The van der Waals surface area contributed by atoms with Gasteiger partial charge in [-0.2, -0.15) is 0 Å². The molecule has 1 heterocycles. The van der Waals surface area contributed by atoms with Crippen molar-refractivity contribution in [2.24, 2.45) is 0 Å². The Morgan fingerprint density at radius 3 is 3.04 bits per heavy atom. The highest BCUT2D eigenvalue weighted by atomic mass is 16.5. The SMILES string of the molecule is O=C(NC[C@]1(O)CCCc2ccccc21)c1cc(C2CC2)on1. The molecule has 1 atom stereocenters. The minimum atomic E-state index is -1.01. The van der Waals surface area contributed by atoms with Gasteiger partial charge in [-0.15, -0.1) is 0 Å². The van der Waals surface area contributed by atoms with Crippen molar-refractivity contribution in [2.75, 3.05) is 6.54 Å². The molecule has 1 amide bonds. The zero-order chi connectivity index (χ0) is 15.9. The van der Waals surface area contributed by atoms with Crippen LogP contribution in [0.4, 0.5) is 0 Å². The number of aryl methyl sites for hydroxylation is 1. The van der Waals surface area contributed by atoms with Gasteiger partial charge in [-0.25, -0.2) is 0 Å². The number of aliphatic hydroxyl groups is 1. The number of hydrogen-bond acceptors (Lipinski definition) is 4. The van der Waals surface area contributed by atoms with E-state index in [1.54, 1.807) is 6.07 Å². The molecule has 1 aromatic heterocycles. The van der Waals surface area contributed by atoms with Gasteiger partial charge in [-0.3, -0.25) is 4.79 Å². The van der Waals surface area contributed by atoms with E-state index in [4.69, 9.17) is 4.52 Å². The Morgan fingerprint density at radius 2 is 2.22 bits per heavy atom. The Bertz CT molecular complexity index is 735. The number of rotatable bonds is 4. The van der Waals surface area contributed by atoms with Gasteiger partial charge < -0.3 is 14.9 Å². The highest BCUT2D eigenvalue weighted by molar-refractivity contribution is 5.92. The van der Waals surface area contributed by atoms with E-state index in [0.717, 1.165) is 42.6 Å². The minimum absolute atomic E-state index is 0.189. The van der Waals surface area contributed by atoms with Crippen molar-refractivity contribution in [1.82, 2.24) is 10.5 Å². The van der Waals surface area contributed by atoms with Crippen LogP contribution in [-0.2, 0) is 12.0 Å². The Labute approximate surface area is 134 Å². The molecule has 4 rings (SSSR count). The first-order valence-electron chi connectivity index (χ1n) is 8.21. The summed E-state index contributed by atoms with van der Waals surface area (Å²) >= 11 is 0. The maximum absolute atomic E-state index is 12.3. The summed E-state index contributed by atoms with van der Waals surface area (Å²) in [5.74, 6) is 0.924. The predicted octanol–water partition coefficient (Wildman–Crippen LogP) is 2.51. The lowest BCUT2D eigenvalue weighted by molar-refractivity contribution is 0.0188. The summed E-state index contributed by atoms with van der Waals surface area (Å²) in [6.45, 7) is 0.189. The van der Waals surface area contributed by atoms with Gasteiger partial charge in [0.05, 0.1) is 6.54 Å². The zero-order valence-electron chi connectivity index (χ0n) is 12.9. The van der Waals surface area contributed by atoms with Crippen molar-refractivity contribution in [1.29, 1.82) is 0 Å². The van der Waals surface area contributed by atoms with Crippen molar-refractivity contribution in [2.45, 2.75) is 43.6 Å². The molecule has 1 saturated carbocycles. The number of benzene rings is 1. The van der Waals surface area contributed by atoms with Crippen LogP contribution in [-0.4, -0.2) is 22.7 Å². The highest BCUT2D eigenvalue weighted by Crippen LogP contribution is 2.40. The number of nitrogens with one attached hydrogen (secondary N) is 1. The standard InChI is InChI=1S/C18H20N2O3/c21-17(15-10-16(23-20-15)13-7-8-13)19-11-18(22)9-3-5-12-4-1-2-6-14(12)18/h1-2,4,6,10,13,22H,3,5,7-9,11H2,(H,19,21)/t18-/m1/s1. The van der Waals surface area contributed by atoms with E-state index >= 15 is 0 Å². The fraction of sp³-hybridized carbons (Fsp3) is 0.444. The zero-order valence-corrected chi connectivity index (χ0v) is 12.9. The summed E-state index contributed by atoms with van der Waals surface area (Å²) in [7, 11) is 0. The number of carbonyl (C=O) groups excluding carboxylic acids is 1. The summed E-state index contributed by atoms with van der Waals surface area (Å²) < 4.78 is 5.21. The third kappa shape index (κ3) is 2.77. The van der Waals surface area contributed by atoms with Crippen LogP contribution in [0, 0.1) is 0 Å². The van der Waals surface area contributed by atoms with Crippen molar-refractivity contribution in [3.63, 3.8) is 0 Å². The Hall–Kier alpha value is -2.14. The maximum atomic E-state index is 12.3. The first-order chi connectivity index (χ1) is 11.2. The second-order valence-electron chi connectivity index (χ2n) is 6.61. The predicted molar refractivity (Wildman–Crippen MR) is 84.1 cm³/mol. The molecule has 0 saturated heterocycles. The molecule has 0 spiro atoms. The topological polar surface area (TPSA) is 75.4 Å². The van der Waals surface area contributed by atoms with Crippen molar-refractivity contribution >= 4 is 5.91 Å². The summed E-state index contributed by atoms with van der Waals surface area (Å²) in [6.07, 6.45) is 4.75. The van der Waals surface area contributed by atoms with Gasteiger partial charge in [0.25, 0.3) is 5.91 Å². The summed E-state index contributed by atoms with van der Waals surface area (Å²) in [5, 5.41) is 17.6. The molecule has 2 aliphatic carbocycles. The largest absolute Gasteiger partial charge is 0.383 e. The molecule has 2 aliphatic rings. The van der Waals surface area contributed by atoms with Crippen LogP contribution in [0.15, 0.2) is 34.9 Å². The summed E-state index contributed by atoms with van der Waals surface area (Å²) in [4.78, 5) is 12.3. The molecule has 1 fully saturated rings. The third-order valence-corrected chi connectivity index (χ3v) is 4.84. The lowest BCUT2D eigenvalue weighted by atomic mass is 9.79. The molecule has 0 aliphatic heterocycles. The van der Waals surface area contributed by atoms with Crippen molar-refractivity contribution < 1.29 is 14.4 Å². The van der Waals surface area contributed by atoms with Gasteiger partial charge in [-0.1, -0.05) is 29.4 Å². The number of nitrogens with zero attached hydrogens (tertiary/aromatic N) is 1. The van der Waals surface area contributed by atoms with E-state index in [9.17, 15) is 9.90 Å². The second kappa shape index (κ2) is 5.49. The number of amides is 1. The number of hydrogen-bond donors (Lipinski definition) is 2. The van der Waals surface area contributed by atoms with Gasteiger partial charge in [0, 0.05) is 12.0 Å². The average molecular weight is 312 g/mol. The molecular formula is C18H20N2O3. The number of aromatic nitrogens is 1. The van der Waals surface area contributed by atoms with E-state index in [1.807, 2.05) is 24.3 Å². The fourth-order valence-corrected chi connectivity index (χ4v) is 3.36. The van der Waals surface area contributed by atoms with Crippen LogP contribution in [0.5, 0.6) is 0 Å². The molecule has 120 valence electrons. The fourth-order valence-electron chi connectivity index (χ4n) is 3.36.